The molecule has 102 valence electrons. The third-order valence-electron chi connectivity index (χ3n) is 4.03. The number of hydrogen-bond acceptors (Lipinski definition) is 3. The highest BCUT2D eigenvalue weighted by atomic mass is 32.1. The summed E-state index contributed by atoms with van der Waals surface area (Å²) in [7, 11) is 2.21. The van der Waals surface area contributed by atoms with E-state index in [-0.39, 0.29) is 5.54 Å². The Labute approximate surface area is 115 Å². The molecule has 0 amide bonds. The van der Waals surface area contributed by atoms with Crippen molar-refractivity contribution < 1.29 is 0 Å². The average Bonchev–Trinajstić information content (AvgIpc) is 2.78. The first-order chi connectivity index (χ1) is 8.57. The van der Waals surface area contributed by atoms with Crippen LogP contribution in [-0.2, 0) is 6.42 Å². The summed E-state index contributed by atoms with van der Waals surface area (Å²) in [5.41, 5.74) is 6.62. The van der Waals surface area contributed by atoms with E-state index in [1.165, 1.54) is 30.6 Å². The number of likely N-dealkylation sites (N-methyl/N-ethyl adjacent to an activating group) is 1. The molecule has 2 nitrogen and oxygen atoms in total. The van der Waals surface area contributed by atoms with E-state index in [0.29, 0.717) is 0 Å². The molecule has 1 heterocycles. The van der Waals surface area contributed by atoms with Crippen molar-refractivity contribution in [2.24, 2.45) is 11.7 Å². The van der Waals surface area contributed by atoms with Crippen molar-refractivity contribution in [2.75, 3.05) is 20.1 Å². The molecule has 0 saturated heterocycles. The van der Waals surface area contributed by atoms with Gasteiger partial charge >= 0.3 is 0 Å². The lowest BCUT2D eigenvalue weighted by atomic mass is 9.77. The summed E-state index contributed by atoms with van der Waals surface area (Å²) in [6, 6.07) is 4.35. The molecule has 0 radical (unpaired) electrons. The number of rotatable bonds is 5. The quantitative estimate of drug-likeness (QED) is 0.887. The van der Waals surface area contributed by atoms with Crippen LogP contribution in [0.2, 0.25) is 0 Å². The van der Waals surface area contributed by atoms with Gasteiger partial charge in [0, 0.05) is 23.5 Å². The van der Waals surface area contributed by atoms with Gasteiger partial charge in [-0.25, -0.2) is 0 Å². The van der Waals surface area contributed by atoms with Crippen LogP contribution in [0.5, 0.6) is 0 Å². The molecule has 0 spiro atoms. The van der Waals surface area contributed by atoms with Gasteiger partial charge < -0.3 is 10.6 Å². The fourth-order valence-electron chi connectivity index (χ4n) is 3.22. The highest BCUT2D eigenvalue weighted by Gasteiger charge is 2.31. The SMILES string of the molecule is CC1CCCC(N)(CN(C)CCc2cccs2)C1. The van der Waals surface area contributed by atoms with E-state index in [2.05, 4.69) is 36.4 Å². The molecule has 0 aromatic carbocycles. The van der Waals surface area contributed by atoms with Crippen molar-refractivity contribution in [1.29, 1.82) is 0 Å². The van der Waals surface area contributed by atoms with Crippen LogP contribution >= 0.6 is 11.3 Å². The topological polar surface area (TPSA) is 29.3 Å². The molecule has 1 aromatic rings. The number of hydrogen-bond donors (Lipinski definition) is 1. The van der Waals surface area contributed by atoms with Crippen molar-refractivity contribution in [3.05, 3.63) is 22.4 Å². The van der Waals surface area contributed by atoms with Crippen LogP contribution in [0.15, 0.2) is 17.5 Å². The molecule has 0 bridgehead atoms. The lowest BCUT2D eigenvalue weighted by Gasteiger charge is -2.39. The summed E-state index contributed by atoms with van der Waals surface area (Å²) in [5.74, 6) is 0.800. The highest BCUT2D eigenvalue weighted by molar-refractivity contribution is 7.09. The first-order valence-corrected chi connectivity index (χ1v) is 7.95. The maximum Gasteiger partial charge on any atom is 0.0285 e. The molecular weight excluding hydrogens is 240 g/mol. The van der Waals surface area contributed by atoms with Gasteiger partial charge in [0.1, 0.15) is 0 Å². The second-order valence-electron chi connectivity index (χ2n) is 6.13. The first-order valence-electron chi connectivity index (χ1n) is 7.07. The third kappa shape index (κ3) is 4.08. The molecular formula is C15H26N2S. The molecule has 0 aliphatic heterocycles. The minimum absolute atomic E-state index is 0.0574. The molecule has 3 heteroatoms. The number of nitrogens with two attached hydrogens (primary N) is 1. The van der Waals surface area contributed by atoms with E-state index >= 15 is 0 Å². The third-order valence-corrected chi connectivity index (χ3v) is 4.97. The highest BCUT2D eigenvalue weighted by Crippen LogP contribution is 2.30. The minimum atomic E-state index is 0.0574. The summed E-state index contributed by atoms with van der Waals surface area (Å²) in [4.78, 5) is 3.89. The van der Waals surface area contributed by atoms with E-state index in [9.17, 15) is 0 Å². The van der Waals surface area contributed by atoms with Crippen molar-refractivity contribution >= 4 is 11.3 Å². The van der Waals surface area contributed by atoms with Crippen molar-refractivity contribution in [3.8, 4) is 0 Å². The van der Waals surface area contributed by atoms with Gasteiger partial charge in [0.15, 0.2) is 0 Å². The van der Waals surface area contributed by atoms with Crippen LogP contribution in [-0.4, -0.2) is 30.6 Å². The molecule has 1 aliphatic carbocycles. The zero-order chi connectivity index (χ0) is 13.0. The number of thiophene rings is 1. The Morgan fingerprint density at radius 3 is 3.06 bits per heavy atom. The molecule has 1 saturated carbocycles. The zero-order valence-corrected chi connectivity index (χ0v) is 12.5. The molecule has 2 N–H and O–H groups in total. The Balaban J connectivity index is 1.77. The lowest BCUT2D eigenvalue weighted by molar-refractivity contribution is 0.170. The maximum atomic E-state index is 6.56. The van der Waals surface area contributed by atoms with E-state index in [1.807, 2.05) is 11.3 Å². The second kappa shape index (κ2) is 6.18. The van der Waals surface area contributed by atoms with E-state index < -0.39 is 0 Å². The molecule has 1 aromatic heterocycles. The average molecular weight is 266 g/mol. The lowest BCUT2D eigenvalue weighted by Crippen LogP contribution is -2.52. The summed E-state index contributed by atoms with van der Waals surface area (Å²) in [6.07, 6.45) is 6.20. The predicted octanol–water partition coefficient (Wildman–Crippen LogP) is 3.13. The summed E-state index contributed by atoms with van der Waals surface area (Å²) in [6.45, 7) is 4.50. The smallest absolute Gasteiger partial charge is 0.0285 e. The fourth-order valence-corrected chi connectivity index (χ4v) is 3.92. The Morgan fingerprint density at radius 2 is 2.39 bits per heavy atom. The van der Waals surface area contributed by atoms with Gasteiger partial charge in [-0.3, -0.25) is 0 Å². The van der Waals surface area contributed by atoms with E-state index in [1.54, 1.807) is 0 Å². The van der Waals surface area contributed by atoms with E-state index in [4.69, 9.17) is 5.73 Å². The van der Waals surface area contributed by atoms with Crippen molar-refractivity contribution in [2.45, 2.75) is 44.6 Å². The minimum Gasteiger partial charge on any atom is -0.324 e. The van der Waals surface area contributed by atoms with Crippen LogP contribution < -0.4 is 5.73 Å². The van der Waals surface area contributed by atoms with E-state index in [0.717, 1.165) is 25.4 Å². The Morgan fingerprint density at radius 1 is 1.56 bits per heavy atom. The van der Waals surface area contributed by atoms with Gasteiger partial charge in [-0.1, -0.05) is 25.8 Å². The van der Waals surface area contributed by atoms with Gasteiger partial charge in [0.05, 0.1) is 0 Å². The molecule has 1 fully saturated rings. The van der Waals surface area contributed by atoms with Gasteiger partial charge in [-0.2, -0.15) is 0 Å². The molecule has 18 heavy (non-hydrogen) atoms. The normalized spacial score (nSPS) is 28.8. The number of nitrogens with zero attached hydrogens (tertiary/aromatic N) is 1. The van der Waals surface area contributed by atoms with Crippen LogP contribution in [0.25, 0.3) is 0 Å². The van der Waals surface area contributed by atoms with Gasteiger partial charge in [-0.05, 0) is 43.7 Å². The molecule has 1 aliphatic rings. The van der Waals surface area contributed by atoms with Gasteiger partial charge in [0.25, 0.3) is 0 Å². The van der Waals surface area contributed by atoms with Gasteiger partial charge in [0.2, 0.25) is 0 Å². The fraction of sp³-hybridized carbons (Fsp3) is 0.733. The predicted molar refractivity (Wildman–Crippen MR) is 80.1 cm³/mol. The standard InChI is InChI=1S/C15H26N2S/c1-13-5-3-8-15(16,11-13)12-17(2)9-7-14-6-4-10-18-14/h4,6,10,13H,3,5,7-9,11-12,16H2,1-2H3. The van der Waals surface area contributed by atoms with Crippen molar-refractivity contribution in [3.63, 3.8) is 0 Å². The monoisotopic (exact) mass is 266 g/mol. The molecule has 2 unspecified atom stereocenters. The summed E-state index contributed by atoms with van der Waals surface area (Å²) in [5, 5.41) is 2.16. The molecule has 2 rings (SSSR count). The Hall–Kier alpha value is -0.380. The van der Waals surface area contributed by atoms with Crippen LogP contribution in [0.3, 0.4) is 0 Å². The zero-order valence-electron chi connectivity index (χ0n) is 11.7. The van der Waals surface area contributed by atoms with Crippen LogP contribution in [0.1, 0.15) is 37.5 Å². The Bertz CT molecular complexity index is 349. The molecule has 2 atom stereocenters. The van der Waals surface area contributed by atoms with Crippen LogP contribution in [0.4, 0.5) is 0 Å². The maximum absolute atomic E-state index is 6.56. The first kappa shape index (κ1) is 14.0. The summed E-state index contributed by atoms with van der Waals surface area (Å²) < 4.78 is 0. The van der Waals surface area contributed by atoms with Crippen LogP contribution in [0, 0.1) is 5.92 Å². The Kier molecular flexibility index (Phi) is 4.82. The summed E-state index contributed by atoms with van der Waals surface area (Å²) >= 11 is 1.85. The van der Waals surface area contributed by atoms with Gasteiger partial charge in [-0.15, -0.1) is 11.3 Å². The second-order valence-corrected chi connectivity index (χ2v) is 7.16. The van der Waals surface area contributed by atoms with Crippen molar-refractivity contribution in [1.82, 2.24) is 4.90 Å². The largest absolute Gasteiger partial charge is 0.324 e.